The first-order chi connectivity index (χ1) is 8.20. The molecule has 2 saturated heterocycles. The molecule has 1 saturated carbocycles. The minimum absolute atomic E-state index is 0.223. The summed E-state index contributed by atoms with van der Waals surface area (Å²) in [5, 5.41) is 3.17. The molecule has 4 nitrogen and oxygen atoms in total. The average Bonchev–Trinajstić information content (AvgIpc) is 2.45. The highest BCUT2D eigenvalue weighted by atomic mass is 16.2. The lowest BCUT2D eigenvalue weighted by Gasteiger charge is -2.48. The molecule has 4 heteroatoms. The Kier molecular flexibility index (Phi) is 2.87. The Hall–Kier alpha value is -0.610. The van der Waals surface area contributed by atoms with Gasteiger partial charge < -0.3 is 11.1 Å². The van der Waals surface area contributed by atoms with Crippen LogP contribution in [-0.2, 0) is 4.79 Å². The van der Waals surface area contributed by atoms with Crippen molar-refractivity contribution in [1.29, 1.82) is 0 Å². The molecule has 0 aromatic heterocycles. The third-order valence-corrected chi connectivity index (χ3v) is 5.02. The first-order valence-electron chi connectivity index (χ1n) is 6.98. The minimum Gasteiger partial charge on any atom is -0.354 e. The van der Waals surface area contributed by atoms with Crippen LogP contribution in [0, 0.1) is 5.92 Å². The van der Waals surface area contributed by atoms with E-state index in [1.54, 1.807) is 0 Å². The van der Waals surface area contributed by atoms with Crippen molar-refractivity contribution in [3.05, 3.63) is 0 Å². The van der Waals surface area contributed by atoms with Crippen molar-refractivity contribution in [3.63, 3.8) is 0 Å². The quantitative estimate of drug-likeness (QED) is 0.644. The summed E-state index contributed by atoms with van der Waals surface area (Å²) in [6, 6.07) is 0.375. The van der Waals surface area contributed by atoms with Gasteiger partial charge >= 0.3 is 0 Å². The number of piperidine rings is 1. The van der Waals surface area contributed by atoms with Gasteiger partial charge in [-0.25, -0.2) is 0 Å². The van der Waals surface area contributed by atoms with E-state index in [1.807, 2.05) is 0 Å². The summed E-state index contributed by atoms with van der Waals surface area (Å²) in [4.78, 5) is 14.5. The molecule has 0 aromatic carbocycles. The molecule has 3 rings (SSSR count). The summed E-state index contributed by atoms with van der Waals surface area (Å²) < 4.78 is 0. The first-order valence-corrected chi connectivity index (χ1v) is 6.98. The van der Waals surface area contributed by atoms with Crippen LogP contribution in [0.3, 0.4) is 0 Å². The Labute approximate surface area is 103 Å². The highest BCUT2D eigenvalue weighted by Gasteiger charge is 2.45. The summed E-state index contributed by atoms with van der Waals surface area (Å²) in [6.45, 7) is 2.98. The van der Waals surface area contributed by atoms with Crippen molar-refractivity contribution < 1.29 is 4.79 Å². The average molecular weight is 237 g/mol. The molecule has 1 spiro atoms. The van der Waals surface area contributed by atoms with Crippen molar-refractivity contribution >= 4 is 5.91 Å². The number of amides is 1. The molecule has 17 heavy (non-hydrogen) atoms. The zero-order valence-corrected chi connectivity index (χ0v) is 10.5. The summed E-state index contributed by atoms with van der Waals surface area (Å²) in [5.74, 6) is 0.514. The van der Waals surface area contributed by atoms with Crippen LogP contribution in [0.2, 0.25) is 0 Å². The fourth-order valence-corrected chi connectivity index (χ4v) is 3.80. The van der Waals surface area contributed by atoms with Gasteiger partial charge in [-0.15, -0.1) is 0 Å². The van der Waals surface area contributed by atoms with Crippen LogP contribution in [0.4, 0.5) is 0 Å². The number of nitrogens with two attached hydrogens (primary N) is 1. The van der Waals surface area contributed by atoms with Gasteiger partial charge in [-0.1, -0.05) is 0 Å². The number of fused-ring (bicyclic) bond motifs is 3. The van der Waals surface area contributed by atoms with Gasteiger partial charge in [0.25, 0.3) is 0 Å². The van der Waals surface area contributed by atoms with E-state index in [9.17, 15) is 4.79 Å². The molecule has 2 atom stereocenters. The molecular weight excluding hydrogens is 214 g/mol. The van der Waals surface area contributed by atoms with Crippen molar-refractivity contribution in [2.75, 3.05) is 19.6 Å². The summed E-state index contributed by atoms with van der Waals surface area (Å²) in [7, 11) is 0. The van der Waals surface area contributed by atoms with E-state index in [-0.39, 0.29) is 17.4 Å². The molecule has 3 aliphatic rings. The smallest absolute Gasteiger partial charge is 0.224 e. The van der Waals surface area contributed by atoms with Gasteiger partial charge in [-0.3, -0.25) is 9.69 Å². The Morgan fingerprint density at radius 3 is 2.82 bits per heavy atom. The molecule has 2 unspecified atom stereocenters. The topological polar surface area (TPSA) is 58.4 Å². The number of carbonyl (C=O) groups is 1. The maximum atomic E-state index is 12.0. The number of hydrogen-bond acceptors (Lipinski definition) is 3. The normalized spacial score (nSPS) is 46.4. The van der Waals surface area contributed by atoms with Crippen LogP contribution >= 0.6 is 0 Å². The maximum Gasteiger partial charge on any atom is 0.224 e. The molecule has 1 aliphatic carbocycles. The molecule has 3 N–H and O–H groups in total. The lowest BCUT2D eigenvalue weighted by atomic mass is 9.77. The lowest BCUT2D eigenvalue weighted by molar-refractivity contribution is -0.125. The van der Waals surface area contributed by atoms with Gasteiger partial charge in [0.15, 0.2) is 0 Å². The van der Waals surface area contributed by atoms with Gasteiger partial charge in [-0.05, 0) is 45.1 Å². The standard InChI is InChI=1S/C13H23N3O/c14-11-3-5-13(6-4-11)9-15-12(17)10-2-1-7-16(13)8-10/h10-11H,1-9,14H2,(H,15,17). The van der Waals surface area contributed by atoms with Crippen molar-refractivity contribution in [2.24, 2.45) is 11.7 Å². The predicted molar refractivity (Wildman–Crippen MR) is 66.5 cm³/mol. The number of hydrogen-bond donors (Lipinski definition) is 2. The second-order valence-electron chi connectivity index (χ2n) is 6.06. The second-order valence-corrected chi connectivity index (χ2v) is 6.06. The van der Waals surface area contributed by atoms with Crippen LogP contribution in [0.25, 0.3) is 0 Å². The first kappa shape index (κ1) is 11.5. The van der Waals surface area contributed by atoms with E-state index in [0.29, 0.717) is 6.04 Å². The molecule has 1 amide bonds. The van der Waals surface area contributed by atoms with Gasteiger partial charge in [0.05, 0.1) is 5.92 Å². The Balaban J connectivity index is 1.81. The molecule has 96 valence electrons. The van der Waals surface area contributed by atoms with Crippen LogP contribution in [0.1, 0.15) is 38.5 Å². The van der Waals surface area contributed by atoms with Gasteiger partial charge in [0, 0.05) is 24.7 Å². The van der Waals surface area contributed by atoms with Gasteiger partial charge in [-0.2, -0.15) is 0 Å². The van der Waals surface area contributed by atoms with Crippen molar-refractivity contribution in [1.82, 2.24) is 10.2 Å². The number of nitrogens with one attached hydrogen (secondary N) is 1. The van der Waals surface area contributed by atoms with Crippen LogP contribution in [0.15, 0.2) is 0 Å². The third-order valence-electron chi connectivity index (χ3n) is 5.02. The number of rotatable bonds is 0. The molecule has 2 aliphatic heterocycles. The van der Waals surface area contributed by atoms with Crippen molar-refractivity contribution in [2.45, 2.75) is 50.1 Å². The van der Waals surface area contributed by atoms with Crippen LogP contribution in [0.5, 0.6) is 0 Å². The van der Waals surface area contributed by atoms with E-state index in [4.69, 9.17) is 5.73 Å². The highest BCUT2D eigenvalue weighted by Crippen LogP contribution is 2.37. The summed E-state index contributed by atoms with van der Waals surface area (Å²) in [6.07, 6.45) is 6.76. The van der Waals surface area contributed by atoms with E-state index >= 15 is 0 Å². The minimum atomic E-state index is 0.223. The molecule has 2 heterocycles. The maximum absolute atomic E-state index is 12.0. The molecule has 2 bridgehead atoms. The lowest BCUT2D eigenvalue weighted by Crippen LogP contribution is -2.57. The molecule has 0 aromatic rings. The molecule has 0 radical (unpaired) electrons. The zero-order chi connectivity index (χ0) is 11.9. The third kappa shape index (κ3) is 1.97. The fourth-order valence-electron chi connectivity index (χ4n) is 3.80. The van der Waals surface area contributed by atoms with E-state index in [0.717, 1.165) is 45.2 Å². The molecular formula is C13H23N3O. The highest BCUT2D eigenvalue weighted by molar-refractivity contribution is 5.79. The SMILES string of the molecule is NC1CCC2(CC1)CNC(=O)C1CCCN2C1. The summed E-state index contributed by atoms with van der Waals surface area (Å²) in [5.41, 5.74) is 6.24. The molecule has 3 fully saturated rings. The number of nitrogens with zero attached hydrogens (tertiary/aromatic N) is 1. The van der Waals surface area contributed by atoms with E-state index in [1.165, 1.54) is 13.0 Å². The monoisotopic (exact) mass is 237 g/mol. The predicted octanol–water partition coefficient (Wildman–Crippen LogP) is 0.468. The Bertz CT molecular complexity index is 310. The Morgan fingerprint density at radius 1 is 1.29 bits per heavy atom. The largest absolute Gasteiger partial charge is 0.354 e. The second kappa shape index (κ2) is 4.25. The van der Waals surface area contributed by atoms with Crippen LogP contribution in [-0.4, -0.2) is 42.0 Å². The van der Waals surface area contributed by atoms with Gasteiger partial charge in [0.1, 0.15) is 0 Å². The summed E-state index contributed by atoms with van der Waals surface area (Å²) >= 11 is 0. The Morgan fingerprint density at radius 2 is 2.06 bits per heavy atom. The van der Waals surface area contributed by atoms with Crippen LogP contribution < -0.4 is 11.1 Å². The van der Waals surface area contributed by atoms with E-state index < -0.39 is 0 Å². The number of carbonyl (C=O) groups excluding carboxylic acids is 1. The van der Waals surface area contributed by atoms with E-state index in [2.05, 4.69) is 10.2 Å². The zero-order valence-electron chi connectivity index (χ0n) is 10.5. The van der Waals surface area contributed by atoms with Gasteiger partial charge in [0.2, 0.25) is 5.91 Å². The van der Waals surface area contributed by atoms with Crippen molar-refractivity contribution in [3.8, 4) is 0 Å². The fraction of sp³-hybridized carbons (Fsp3) is 0.923.